The van der Waals surface area contributed by atoms with E-state index in [1.807, 2.05) is 18.2 Å². The summed E-state index contributed by atoms with van der Waals surface area (Å²) in [4.78, 5) is 26.2. The lowest BCUT2D eigenvalue weighted by Crippen LogP contribution is -2.27. The summed E-state index contributed by atoms with van der Waals surface area (Å²) in [5.41, 5.74) is 1.76. The Morgan fingerprint density at radius 3 is 2.52 bits per heavy atom. The molecule has 3 rings (SSSR count). The fourth-order valence-electron chi connectivity index (χ4n) is 2.29. The fourth-order valence-corrected chi connectivity index (χ4v) is 3.77. The molecule has 0 aliphatic carbocycles. The lowest BCUT2D eigenvalue weighted by Gasteiger charge is -2.14. The molecule has 1 saturated heterocycles. The average molecular weight is 390 g/mol. The number of carbonyl (C=O) groups excluding carboxylic acids is 2. The second-order valence-electron chi connectivity index (χ2n) is 5.08. The van der Waals surface area contributed by atoms with E-state index >= 15 is 0 Å². The molecule has 1 heterocycles. The molecule has 0 saturated carbocycles. The highest BCUT2D eigenvalue weighted by molar-refractivity contribution is 8.27. The lowest BCUT2D eigenvalue weighted by atomic mass is 10.2. The van der Waals surface area contributed by atoms with Crippen LogP contribution in [0, 0.1) is 0 Å². The number of hydrogen-bond donors (Lipinski definition) is 0. The van der Waals surface area contributed by atoms with Gasteiger partial charge in [-0.25, -0.2) is 4.79 Å². The van der Waals surface area contributed by atoms with Gasteiger partial charge in [0, 0.05) is 5.02 Å². The molecule has 126 valence electrons. The van der Waals surface area contributed by atoms with Crippen molar-refractivity contribution < 1.29 is 14.3 Å². The summed E-state index contributed by atoms with van der Waals surface area (Å²) in [6.45, 7) is 0. The molecular formula is C18H12ClNO3S2. The van der Waals surface area contributed by atoms with E-state index in [-0.39, 0.29) is 5.91 Å². The van der Waals surface area contributed by atoms with Crippen molar-refractivity contribution in [1.82, 2.24) is 0 Å². The zero-order valence-electron chi connectivity index (χ0n) is 13.1. The maximum absolute atomic E-state index is 12.7. The molecule has 4 nitrogen and oxygen atoms in total. The molecule has 7 heteroatoms. The molecule has 25 heavy (non-hydrogen) atoms. The van der Waals surface area contributed by atoms with E-state index in [0.717, 1.165) is 5.56 Å². The highest BCUT2D eigenvalue weighted by Crippen LogP contribution is 2.36. The number of hydrogen-bond acceptors (Lipinski definition) is 5. The first kappa shape index (κ1) is 17.7. The minimum atomic E-state index is -0.435. The predicted octanol–water partition coefficient (Wildman–Crippen LogP) is 4.53. The van der Waals surface area contributed by atoms with Crippen LogP contribution in [-0.2, 0) is 9.53 Å². The smallest absolute Gasteiger partial charge is 0.337 e. The van der Waals surface area contributed by atoms with Crippen LogP contribution in [0.2, 0.25) is 5.02 Å². The summed E-state index contributed by atoms with van der Waals surface area (Å²) in [6, 6.07) is 13.8. The monoisotopic (exact) mass is 389 g/mol. The number of nitrogens with zero attached hydrogens (tertiary/aromatic N) is 1. The third kappa shape index (κ3) is 3.61. The molecule has 1 fully saturated rings. The van der Waals surface area contributed by atoms with Crippen molar-refractivity contribution in [1.29, 1.82) is 0 Å². The Balaban J connectivity index is 1.89. The van der Waals surface area contributed by atoms with E-state index < -0.39 is 5.97 Å². The standard InChI is InChI=1S/C18H12ClNO3S2/c1-23-17(22)11-6-8-13(9-7-11)20-16(21)15(25-18(20)24)10-12-4-2-3-5-14(12)19/h2-10H,1H3/b15-10+. The number of anilines is 1. The van der Waals surface area contributed by atoms with E-state index in [1.54, 1.807) is 36.4 Å². The van der Waals surface area contributed by atoms with Crippen LogP contribution in [0.3, 0.4) is 0 Å². The second kappa shape index (κ2) is 7.39. The molecule has 0 unspecified atom stereocenters. The molecule has 2 aromatic rings. The zero-order chi connectivity index (χ0) is 18.0. The first-order valence-electron chi connectivity index (χ1n) is 7.22. The molecule has 0 bridgehead atoms. The first-order valence-corrected chi connectivity index (χ1v) is 8.82. The molecule has 1 aliphatic rings. The van der Waals surface area contributed by atoms with E-state index in [2.05, 4.69) is 4.74 Å². The summed E-state index contributed by atoms with van der Waals surface area (Å²) < 4.78 is 5.09. The van der Waals surface area contributed by atoms with Gasteiger partial charge < -0.3 is 4.74 Å². The largest absolute Gasteiger partial charge is 0.465 e. The summed E-state index contributed by atoms with van der Waals surface area (Å²) in [7, 11) is 1.32. The third-order valence-corrected chi connectivity index (χ3v) is 5.18. The number of thiocarbonyl (C=S) groups is 1. The number of rotatable bonds is 3. The number of benzene rings is 2. The highest BCUT2D eigenvalue weighted by atomic mass is 35.5. The quantitative estimate of drug-likeness (QED) is 0.438. The van der Waals surface area contributed by atoms with Crippen LogP contribution >= 0.6 is 35.6 Å². The zero-order valence-corrected chi connectivity index (χ0v) is 15.5. The Morgan fingerprint density at radius 2 is 1.88 bits per heavy atom. The van der Waals surface area contributed by atoms with Gasteiger partial charge in [-0.2, -0.15) is 0 Å². The number of esters is 1. The van der Waals surface area contributed by atoms with Crippen molar-refractivity contribution in [2.24, 2.45) is 0 Å². The van der Waals surface area contributed by atoms with Crippen molar-refractivity contribution in [3.8, 4) is 0 Å². The number of ether oxygens (including phenoxy) is 1. The van der Waals surface area contributed by atoms with Gasteiger partial charge in [-0.05, 0) is 42.0 Å². The average Bonchev–Trinajstić information content (AvgIpc) is 2.90. The van der Waals surface area contributed by atoms with Gasteiger partial charge in [0.15, 0.2) is 4.32 Å². The molecule has 0 N–H and O–H groups in total. The van der Waals surface area contributed by atoms with E-state index in [4.69, 9.17) is 23.8 Å². The normalized spacial score (nSPS) is 15.8. The minimum absolute atomic E-state index is 0.222. The number of thioether (sulfide) groups is 1. The van der Waals surface area contributed by atoms with Gasteiger partial charge >= 0.3 is 5.97 Å². The van der Waals surface area contributed by atoms with Crippen molar-refractivity contribution in [3.63, 3.8) is 0 Å². The number of carbonyl (C=O) groups is 2. The van der Waals surface area contributed by atoms with Crippen molar-refractivity contribution >= 4 is 63.5 Å². The highest BCUT2D eigenvalue weighted by Gasteiger charge is 2.33. The van der Waals surface area contributed by atoms with Crippen molar-refractivity contribution in [3.05, 3.63) is 69.6 Å². The maximum Gasteiger partial charge on any atom is 0.337 e. The van der Waals surface area contributed by atoms with E-state index in [1.165, 1.54) is 23.8 Å². The summed E-state index contributed by atoms with van der Waals surface area (Å²) in [5, 5.41) is 0.565. The summed E-state index contributed by atoms with van der Waals surface area (Å²) >= 11 is 12.7. The van der Waals surface area contributed by atoms with Gasteiger partial charge in [-0.3, -0.25) is 9.69 Å². The van der Waals surface area contributed by atoms with Gasteiger partial charge in [-0.15, -0.1) is 0 Å². The Morgan fingerprint density at radius 1 is 1.20 bits per heavy atom. The Labute approximate surface area is 159 Å². The first-order chi connectivity index (χ1) is 12.0. The Hall–Kier alpha value is -2.15. The predicted molar refractivity (Wildman–Crippen MR) is 105 cm³/mol. The van der Waals surface area contributed by atoms with Crippen LogP contribution in [0.25, 0.3) is 6.08 Å². The van der Waals surface area contributed by atoms with Crippen molar-refractivity contribution in [2.75, 3.05) is 12.0 Å². The maximum atomic E-state index is 12.7. The van der Waals surface area contributed by atoms with Gasteiger partial charge in [-0.1, -0.05) is 53.8 Å². The minimum Gasteiger partial charge on any atom is -0.465 e. The van der Waals surface area contributed by atoms with Gasteiger partial charge in [0.05, 0.1) is 23.3 Å². The Bertz CT molecular complexity index is 893. The van der Waals surface area contributed by atoms with Gasteiger partial charge in [0.1, 0.15) is 0 Å². The molecule has 2 aromatic carbocycles. The van der Waals surface area contributed by atoms with Crippen LogP contribution in [0.15, 0.2) is 53.4 Å². The molecule has 0 radical (unpaired) electrons. The number of methoxy groups -OCH3 is 1. The molecule has 1 amide bonds. The third-order valence-electron chi connectivity index (χ3n) is 3.53. The second-order valence-corrected chi connectivity index (χ2v) is 7.16. The summed E-state index contributed by atoms with van der Waals surface area (Å²) in [5.74, 6) is -0.656. The van der Waals surface area contributed by atoms with Gasteiger partial charge in [0.25, 0.3) is 5.91 Å². The molecule has 0 spiro atoms. The van der Waals surface area contributed by atoms with Gasteiger partial charge in [0.2, 0.25) is 0 Å². The Kier molecular flexibility index (Phi) is 5.22. The molecule has 0 aromatic heterocycles. The molecule has 0 atom stereocenters. The van der Waals surface area contributed by atoms with Crippen molar-refractivity contribution in [2.45, 2.75) is 0 Å². The van der Waals surface area contributed by atoms with E-state index in [9.17, 15) is 9.59 Å². The van der Waals surface area contributed by atoms with Crippen LogP contribution < -0.4 is 4.90 Å². The number of halogens is 1. The number of amides is 1. The van der Waals surface area contributed by atoms with E-state index in [0.29, 0.717) is 25.5 Å². The molecule has 1 aliphatic heterocycles. The SMILES string of the molecule is COC(=O)c1ccc(N2C(=O)/C(=C\c3ccccc3Cl)SC2=S)cc1. The fraction of sp³-hybridized carbons (Fsp3) is 0.0556. The van der Waals surface area contributed by atoms with Crippen LogP contribution in [0.1, 0.15) is 15.9 Å². The topological polar surface area (TPSA) is 46.6 Å². The van der Waals surface area contributed by atoms with Crippen LogP contribution in [0.4, 0.5) is 5.69 Å². The molecular weight excluding hydrogens is 378 g/mol. The van der Waals surface area contributed by atoms with Crippen LogP contribution in [0.5, 0.6) is 0 Å². The summed E-state index contributed by atoms with van der Waals surface area (Å²) in [6.07, 6.45) is 1.73. The van der Waals surface area contributed by atoms with Crippen LogP contribution in [-0.4, -0.2) is 23.3 Å². The lowest BCUT2D eigenvalue weighted by molar-refractivity contribution is -0.113.